The standard InChI is InChI=1S/C7H13FO/c8-5-6-1-3-7(9)4-2-6/h6-7,9H,1-5H2. The van der Waals surface area contributed by atoms with E-state index < -0.39 is 0 Å². The summed E-state index contributed by atoms with van der Waals surface area (Å²) in [5, 5.41) is 9.00. The zero-order valence-corrected chi connectivity index (χ0v) is 5.52. The molecule has 0 aliphatic heterocycles. The number of rotatable bonds is 1. The van der Waals surface area contributed by atoms with Crippen LogP contribution in [0.15, 0.2) is 0 Å². The van der Waals surface area contributed by atoms with Crippen LogP contribution in [0.1, 0.15) is 25.7 Å². The zero-order chi connectivity index (χ0) is 6.69. The molecule has 1 nitrogen and oxygen atoms in total. The Hall–Kier alpha value is -0.110. The maximum absolute atomic E-state index is 11.9. The van der Waals surface area contributed by atoms with Gasteiger partial charge in [0.05, 0.1) is 12.8 Å². The van der Waals surface area contributed by atoms with Crippen LogP contribution in [0, 0.1) is 5.92 Å². The van der Waals surface area contributed by atoms with Gasteiger partial charge in [-0.3, -0.25) is 4.39 Å². The summed E-state index contributed by atoms with van der Waals surface area (Å²) in [6.45, 7) is -0.202. The molecule has 0 aromatic carbocycles. The zero-order valence-electron chi connectivity index (χ0n) is 5.52. The van der Waals surface area contributed by atoms with Crippen molar-refractivity contribution >= 4 is 0 Å². The van der Waals surface area contributed by atoms with Crippen molar-refractivity contribution in [2.75, 3.05) is 6.67 Å². The molecule has 0 atom stereocenters. The van der Waals surface area contributed by atoms with E-state index in [2.05, 4.69) is 0 Å². The molecule has 54 valence electrons. The molecular weight excluding hydrogens is 119 g/mol. The Kier molecular flexibility index (Phi) is 2.46. The lowest BCUT2D eigenvalue weighted by atomic mass is 9.88. The monoisotopic (exact) mass is 132 g/mol. The second-order valence-corrected chi connectivity index (χ2v) is 2.83. The van der Waals surface area contributed by atoms with E-state index in [0.29, 0.717) is 0 Å². The van der Waals surface area contributed by atoms with E-state index in [1.54, 1.807) is 0 Å². The SMILES string of the molecule is OC1CCC(CF)CC1. The van der Waals surface area contributed by atoms with Crippen LogP contribution >= 0.6 is 0 Å². The Morgan fingerprint density at radius 2 is 1.78 bits per heavy atom. The molecule has 0 unspecified atom stereocenters. The maximum atomic E-state index is 11.9. The third-order valence-corrected chi connectivity index (χ3v) is 2.03. The molecule has 0 aromatic heterocycles. The molecule has 1 fully saturated rings. The predicted molar refractivity (Wildman–Crippen MR) is 33.9 cm³/mol. The van der Waals surface area contributed by atoms with Crippen molar-refractivity contribution in [2.24, 2.45) is 5.92 Å². The second kappa shape index (κ2) is 3.16. The highest BCUT2D eigenvalue weighted by molar-refractivity contribution is 4.70. The van der Waals surface area contributed by atoms with Gasteiger partial charge in [0, 0.05) is 0 Å². The third-order valence-electron chi connectivity index (χ3n) is 2.03. The van der Waals surface area contributed by atoms with Crippen LogP contribution in [0.5, 0.6) is 0 Å². The molecule has 0 amide bonds. The van der Waals surface area contributed by atoms with Gasteiger partial charge in [0.15, 0.2) is 0 Å². The summed E-state index contributed by atoms with van der Waals surface area (Å²) < 4.78 is 11.9. The van der Waals surface area contributed by atoms with Gasteiger partial charge in [-0.25, -0.2) is 0 Å². The van der Waals surface area contributed by atoms with Crippen molar-refractivity contribution in [3.05, 3.63) is 0 Å². The summed E-state index contributed by atoms with van der Waals surface area (Å²) in [4.78, 5) is 0. The quantitative estimate of drug-likeness (QED) is 0.573. The highest BCUT2D eigenvalue weighted by Gasteiger charge is 2.18. The summed E-state index contributed by atoms with van der Waals surface area (Å²) in [6.07, 6.45) is 3.20. The van der Waals surface area contributed by atoms with Crippen LogP contribution in [0.4, 0.5) is 4.39 Å². The van der Waals surface area contributed by atoms with Gasteiger partial charge < -0.3 is 5.11 Å². The lowest BCUT2D eigenvalue weighted by Gasteiger charge is -2.22. The first-order valence-corrected chi connectivity index (χ1v) is 3.57. The van der Waals surface area contributed by atoms with Crippen molar-refractivity contribution in [1.82, 2.24) is 0 Å². The Bertz CT molecular complexity index is 77.0. The van der Waals surface area contributed by atoms with Crippen LogP contribution in [0.25, 0.3) is 0 Å². The average molecular weight is 132 g/mol. The molecule has 0 bridgehead atoms. The minimum atomic E-state index is -0.202. The molecule has 9 heavy (non-hydrogen) atoms. The highest BCUT2D eigenvalue weighted by atomic mass is 19.1. The Balaban J connectivity index is 2.18. The predicted octanol–water partition coefficient (Wildman–Crippen LogP) is 1.51. The van der Waals surface area contributed by atoms with Gasteiger partial charge in [-0.05, 0) is 31.6 Å². The first kappa shape index (κ1) is 7.00. The molecule has 0 saturated heterocycles. The number of hydrogen-bond acceptors (Lipinski definition) is 1. The largest absolute Gasteiger partial charge is 0.393 e. The van der Waals surface area contributed by atoms with E-state index in [0.717, 1.165) is 25.7 Å². The van der Waals surface area contributed by atoms with Crippen LogP contribution in [0.2, 0.25) is 0 Å². The minimum absolute atomic E-state index is 0.146. The number of halogens is 1. The maximum Gasteiger partial charge on any atom is 0.0922 e. The first-order valence-electron chi connectivity index (χ1n) is 3.57. The molecule has 1 saturated carbocycles. The number of hydrogen-bond donors (Lipinski definition) is 1. The fraction of sp³-hybridized carbons (Fsp3) is 1.00. The fourth-order valence-corrected chi connectivity index (χ4v) is 1.30. The van der Waals surface area contributed by atoms with Gasteiger partial charge in [-0.2, -0.15) is 0 Å². The van der Waals surface area contributed by atoms with Crippen molar-refractivity contribution in [3.8, 4) is 0 Å². The topological polar surface area (TPSA) is 20.2 Å². The molecule has 0 radical (unpaired) electrons. The Labute approximate surface area is 54.9 Å². The van der Waals surface area contributed by atoms with Crippen molar-refractivity contribution in [3.63, 3.8) is 0 Å². The van der Waals surface area contributed by atoms with Crippen LogP contribution in [-0.4, -0.2) is 17.9 Å². The third kappa shape index (κ3) is 1.94. The first-order chi connectivity index (χ1) is 4.33. The lowest BCUT2D eigenvalue weighted by Crippen LogP contribution is -2.18. The summed E-state index contributed by atoms with van der Waals surface area (Å²) >= 11 is 0. The van der Waals surface area contributed by atoms with Gasteiger partial charge in [-0.1, -0.05) is 0 Å². The van der Waals surface area contributed by atoms with Gasteiger partial charge in [0.1, 0.15) is 0 Å². The molecule has 2 heteroatoms. The van der Waals surface area contributed by atoms with E-state index in [1.807, 2.05) is 0 Å². The minimum Gasteiger partial charge on any atom is -0.393 e. The second-order valence-electron chi connectivity index (χ2n) is 2.83. The van der Waals surface area contributed by atoms with E-state index in [9.17, 15) is 4.39 Å². The summed E-state index contributed by atoms with van der Waals surface area (Å²) in [7, 11) is 0. The smallest absolute Gasteiger partial charge is 0.0922 e. The molecule has 0 heterocycles. The molecule has 1 aliphatic carbocycles. The van der Waals surface area contributed by atoms with Gasteiger partial charge >= 0.3 is 0 Å². The molecular formula is C7H13FO. The molecule has 1 rings (SSSR count). The lowest BCUT2D eigenvalue weighted by molar-refractivity contribution is 0.101. The fourth-order valence-electron chi connectivity index (χ4n) is 1.30. The van der Waals surface area contributed by atoms with Gasteiger partial charge in [0.2, 0.25) is 0 Å². The van der Waals surface area contributed by atoms with Crippen LogP contribution in [-0.2, 0) is 0 Å². The van der Waals surface area contributed by atoms with Gasteiger partial charge in [-0.15, -0.1) is 0 Å². The van der Waals surface area contributed by atoms with E-state index >= 15 is 0 Å². The number of aliphatic hydroxyl groups is 1. The van der Waals surface area contributed by atoms with E-state index in [4.69, 9.17) is 5.11 Å². The molecule has 1 aliphatic rings. The number of alkyl halides is 1. The van der Waals surface area contributed by atoms with Crippen molar-refractivity contribution < 1.29 is 9.50 Å². The summed E-state index contributed by atoms with van der Waals surface area (Å²) in [5.41, 5.74) is 0. The summed E-state index contributed by atoms with van der Waals surface area (Å²) in [5.74, 6) is 0.244. The Morgan fingerprint density at radius 1 is 1.22 bits per heavy atom. The number of aliphatic hydroxyl groups excluding tert-OH is 1. The Morgan fingerprint density at radius 3 is 2.22 bits per heavy atom. The molecule has 0 spiro atoms. The van der Waals surface area contributed by atoms with Gasteiger partial charge in [0.25, 0.3) is 0 Å². The molecule has 1 N–H and O–H groups in total. The van der Waals surface area contributed by atoms with Crippen LogP contribution < -0.4 is 0 Å². The van der Waals surface area contributed by atoms with Crippen molar-refractivity contribution in [1.29, 1.82) is 0 Å². The normalized spacial score (nSPS) is 36.7. The average Bonchev–Trinajstić information content (AvgIpc) is 1.90. The van der Waals surface area contributed by atoms with E-state index in [-0.39, 0.29) is 18.7 Å². The van der Waals surface area contributed by atoms with Crippen molar-refractivity contribution in [2.45, 2.75) is 31.8 Å². The van der Waals surface area contributed by atoms with E-state index in [1.165, 1.54) is 0 Å². The summed E-state index contributed by atoms with van der Waals surface area (Å²) in [6, 6.07) is 0. The molecule has 0 aromatic rings. The van der Waals surface area contributed by atoms with Crippen LogP contribution in [0.3, 0.4) is 0 Å². The highest BCUT2D eigenvalue weighted by Crippen LogP contribution is 2.23.